The number of fused-ring (bicyclic) bond motifs is 4. The third-order valence-electron chi connectivity index (χ3n) is 3.31. The number of ketones is 1. The van der Waals surface area contributed by atoms with Crippen molar-refractivity contribution in [3.05, 3.63) is 47.3 Å². The van der Waals surface area contributed by atoms with Crippen molar-refractivity contribution >= 4 is 5.78 Å². The van der Waals surface area contributed by atoms with E-state index in [1.165, 1.54) is 0 Å². The van der Waals surface area contributed by atoms with Crippen LogP contribution in [-0.2, 0) is 6.42 Å². The highest BCUT2D eigenvalue weighted by molar-refractivity contribution is 6.03. The molecule has 0 atom stereocenters. The summed E-state index contributed by atoms with van der Waals surface area (Å²) in [6.45, 7) is 0.131. The van der Waals surface area contributed by atoms with Crippen LogP contribution < -0.4 is 9.47 Å². The summed E-state index contributed by atoms with van der Waals surface area (Å²) in [5.41, 5.74) is 2.62. The Morgan fingerprint density at radius 1 is 1.17 bits per heavy atom. The Morgan fingerprint density at radius 3 is 3.06 bits per heavy atom. The van der Waals surface area contributed by atoms with Crippen LogP contribution in [0.1, 0.15) is 21.5 Å². The molecule has 4 nitrogen and oxygen atoms in total. The first-order valence-electron chi connectivity index (χ1n) is 5.75. The van der Waals surface area contributed by atoms with Crippen LogP contribution in [0.15, 0.2) is 30.6 Å². The van der Waals surface area contributed by atoms with Gasteiger partial charge >= 0.3 is 0 Å². The SMILES string of the molecule is O=C1COc2c1ccc1c2Cc2cnccc2O1. The second kappa shape index (κ2) is 3.32. The molecular weight excluding hydrogens is 230 g/mol. The van der Waals surface area contributed by atoms with Crippen molar-refractivity contribution in [1.82, 2.24) is 4.98 Å². The smallest absolute Gasteiger partial charge is 0.203 e. The molecule has 3 heterocycles. The minimum absolute atomic E-state index is 0.0322. The molecule has 88 valence electrons. The number of benzene rings is 1. The molecule has 0 radical (unpaired) electrons. The summed E-state index contributed by atoms with van der Waals surface area (Å²) >= 11 is 0. The van der Waals surface area contributed by atoms with E-state index in [0.717, 1.165) is 22.6 Å². The minimum atomic E-state index is 0.0322. The average Bonchev–Trinajstić information content (AvgIpc) is 2.78. The summed E-state index contributed by atoms with van der Waals surface area (Å²) in [6, 6.07) is 5.46. The van der Waals surface area contributed by atoms with Crippen LogP contribution in [0.3, 0.4) is 0 Å². The van der Waals surface area contributed by atoms with Gasteiger partial charge in [-0.05, 0) is 18.2 Å². The maximum absolute atomic E-state index is 11.6. The van der Waals surface area contributed by atoms with E-state index in [0.29, 0.717) is 17.7 Å². The van der Waals surface area contributed by atoms with E-state index in [9.17, 15) is 4.79 Å². The molecule has 1 aromatic heterocycles. The largest absolute Gasteiger partial charge is 0.484 e. The number of hydrogen-bond acceptors (Lipinski definition) is 4. The fourth-order valence-electron chi connectivity index (χ4n) is 2.43. The van der Waals surface area contributed by atoms with Crippen molar-refractivity contribution in [2.75, 3.05) is 6.61 Å². The Bertz CT molecular complexity index is 679. The van der Waals surface area contributed by atoms with Crippen LogP contribution in [0.4, 0.5) is 0 Å². The molecule has 0 bridgehead atoms. The van der Waals surface area contributed by atoms with Gasteiger partial charge in [-0.3, -0.25) is 9.78 Å². The summed E-state index contributed by atoms with van der Waals surface area (Å²) < 4.78 is 11.3. The van der Waals surface area contributed by atoms with Gasteiger partial charge in [0.25, 0.3) is 0 Å². The van der Waals surface area contributed by atoms with E-state index in [1.54, 1.807) is 18.5 Å². The van der Waals surface area contributed by atoms with E-state index in [4.69, 9.17) is 9.47 Å². The Kier molecular flexibility index (Phi) is 1.78. The van der Waals surface area contributed by atoms with Gasteiger partial charge in [0.05, 0.1) is 5.56 Å². The van der Waals surface area contributed by atoms with E-state index in [-0.39, 0.29) is 12.4 Å². The molecule has 0 aliphatic carbocycles. The molecule has 18 heavy (non-hydrogen) atoms. The highest BCUT2D eigenvalue weighted by Crippen LogP contribution is 2.43. The first-order valence-corrected chi connectivity index (χ1v) is 5.75. The minimum Gasteiger partial charge on any atom is -0.484 e. The van der Waals surface area contributed by atoms with Gasteiger partial charge in [-0.15, -0.1) is 0 Å². The van der Waals surface area contributed by atoms with Gasteiger partial charge in [0.1, 0.15) is 17.2 Å². The molecular formula is C14H9NO3. The highest BCUT2D eigenvalue weighted by Gasteiger charge is 2.29. The zero-order valence-corrected chi connectivity index (χ0v) is 9.47. The van der Waals surface area contributed by atoms with Gasteiger partial charge in [0.2, 0.25) is 5.78 Å². The first-order chi connectivity index (χ1) is 8.83. The van der Waals surface area contributed by atoms with Crippen molar-refractivity contribution in [2.24, 2.45) is 0 Å². The standard InChI is InChI=1S/C14H9NO3/c16-11-7-17-14-9(11)1-2-13-10(14)5-8-6-15-4-3-12(8)18-13/h1-4,6H,5,7H2. The second-order valence-corrected chi connectivity index (χ2v) is 4.39. The molecule has 4 rings (SSSR count). The summed E-state index contributed by atoms with van der Waals surface area (Å²) in [5.74, 6) is 2.29. The lowest BCUT2D eigenvalue weighted by atomic mass is 9.98. The van der Waals surface area contributed by atoms with Crippen molar-refractivity contribution in [1.29, 1.82) is 0 Å². The van der Waals surface area contributed by atoms with Crippen molar-refractivity contribution in [2.45, 2.75) is 6.42 Å². The van der Waals surface area contributed by atoms with Gasteiger partial charge in [-0.2, -0.15) is 0 Å². The van der Waals surface area contributed by atoms with Gasteiger partial charge in [0, 0.05) is 29.9 Å². The molecule has 2 aliphatic heterocycles. The van der Waals surface area contributed by atoms with Gasteiger partial charge < -0.3 is 9.47 Å². The molecule has 0 fully saturated rings. The Balaban J connectivity index is 1.90. The van der Waals surface area contributed by atoms with E-state index >= 15 is 0 Å². The maximum atomic E-state index is 11.6. The molecule has 0 amide bonds. The maximum Gasteiger partial charge on any atom is 0.203 e. The zero-order chi connectivity index (χ0) is 12.1. The van der Waals surface area contributed by atoms with Crippen molar-refractivity contribution in [3.8, 4) is 17.2 Å². The summed E-state index contributed by atoms with van der Waals surface area (Å²) in [4.78, 5) is 15.7. The van der Waals surface area contributed by atoms with Crippen LogP contribution in [0.25, 0.3) is 0 Å². The molecule has 0 saturated carbocycles. The predicted octanol–water partition coefficient (Wildman–Crippen LogP) is 2.35. The molecule has 0 saturated heterocycles. The molecule has 2 aliphatic rings. The third kappa shape index (κ3) is 1.20. The van der Waals surface area contributed by atoms with E-state index in [2.05, 4.69) is 4.98 Å². The lowest BCUT2D eigenvalue weighted by Crippen LogP contribution is -2.05. The molecule has 0 unspecified atom stereocenters. The number of carbonyl (C=O) groups is 1. The van der Waals surface area contributed by atoms with Crippen LogP contribution in [0.5, 0.6) is 17.2 Å². The molecule has 2 aromatic rings. The fourth-order valence-corrected chi connectivity index (χ4v) is 2.43. The summed E-state index contributed by atoms with van der Waals surface area (Å²) in [7, 11) is 0. The average molecular weight is 239 g/mol. The predicted molar refractivity (Wildman–Crippen MR) is 63.4 cm³/mol. The van der Waals surface area contributed by atoms with Gasteiger partial charge in [-0.1, -0.05) is 0 Å². The van der Waals surface area contributed by atoms with Gasteiger partial charge in [-0.25, -0.2) is 0 Å². The van der Waals surface area contributed by atoms with Crippen LogP contribution >= 0.6 is 0 Å². The monoisotopic (exact) mass is 239 g/mol. The molecule has 0 N–H and O–H groups in total. The normalized spacial score (nSPS) is 15.2. The topological polar surface area (TPSA) is 48.4 Å². The Labute approximate surface area is 103 Å². The zero-order valence-electron chi connectivity index (χ0n) is 9.47. The number of Topliss-reactive ketones (excluding diaryl/α,β-unsaturated/α-hetero) is 1. The lowest BCUT2D eigenvalue weighted by Gasteiger charge is -2.21. The molecule has 0 spiro atoms. The summed E-state index contributed by atoms with van der Waals surface area (Å²) in [6.07, 6.45) is 4.18. The number of carbonyl (C=O) groups excluding carboxylic acids is 1. The molecule has 4 heteroatoms. The van der Waals surface area contributed by atoms with E-state index < -0.39 is 0 Å². The third-order valence-corrected chi connectivity index (χ3v) is 3.31. The number of hydrogen-bond donors (Lipinski definition) is 0. The highest BCUT2D eigenvalue weighted by atomic mass is 16.5. The lowest BCUT2D eigenvalue weighted by molar-refractivity contribution is 0.0961. The Hall–Kier alpha value is -2.36. The fraction of sp³-hybridized carbons (Fsp3) is 0.143. The Morgan fingerprint density at radius 2 is 2.11 bits per heavy atom. The first kappa shape index (κ1) is 9.65. The van der Waals surface area contributed by atoms with Crippen LogP contribution in [-0.4, -0.2) is 17.4 Å². The number of nitrogens with zero attached hydrogens (tertiary/aromatic N) is 1. The van der Waals surface area contributed by atoms with Crippen LogP contribution in [0, 0.1) is 0 Å². The van der Waals surface area contributed by atoms with Crippen LogP contribution in [0.2, 0.25) is 0 Å². The number of pyridine rings is 1. The summed E-state index contributed by atoms with van der Waals surface area (Å²) in [5, 5.41) is 0. The quantitative estimate of drug-likeness (QED) is 0.604. The number of rotatable bonds is 0. The van der Waals surface area contributed by atoms with Crippen molar-refractivity contribution < 1.29 is 14.3 Å². The molecule has 1 aromatic carbocycles. The second-order valence-electron chi connectivity index (χ2n) is 4.39. The van der Waals surface area contributed by atoms with E-state index in [1.807, 2.05) is 12.1 Å². The number of ether oxygens (including phenoxy) is 2. The van der Waals surface area contributed by atoms with Gasteiger partial charge in [0.15, 0.2) is 6.61 Å². The van der Waals surface area contributed by atoms with Crippen molar-refractivity contribution in [3.63, 3.8) is 0 Å². The number of aromatic nitrogens is 1.